The minimum atomic E-state index is -3.59. The predicted molar refractivity (Wildman–Crippen MR) is 80.4 cm³/mol. The van der Waals surface area contributed by atoms with Gasteiger partial charge in [-0.3, -0.25) is 4.31 Å². The van der Waals surface area contributed by atoms with Gasteiger partial charge in [-0.2, -0.15) is 0 Å². The topological polar surface area (TPSA) is 37.4 Å². The molecule has 1 aromatic carbocycles. The van der Waals surface area contributed by atoms with Gasteiger partial charge in [0.2, 0.25) is 0 Å². The van der Waals surface area contributed by atoms with Crippen molar-refractivity contribution in [2.75, 3.05) is 6.54 Å². The Morgan fingerprint density at radius 1 is 1.25 bits per heavy atom. The maximum atomic E-state index is 12.7. The van der Waals surface area contributed by atoms with Gasteiger partial charge in [-0.15, -0.1) is 6.42 Å². The molecule has 0 aromatic heterocycles. The zero-order valence-corrected chi connectivity index (χ0v) is 12.2. The number of nitrogens with zero attached hydrogens (tertiary/aromatic N) is 1. The van der Waals surface area contributed by atoms with Crippen LogP contribution in [0.3, 0.4) is 0 Å². The molecule has 0 spiro atoms. The van der Waals surface area contributed by atoms with Gasteiger partial charge in [0.25, 0.3) is 10.0 Å². The molecule has 2 rings (SSSR count). The van der Waals surface area contributed by atoms with Gasteiger partial charge >= 0.3 is 0 Å². The zero-order valence-electron chi connectivity index (χ0n) is 11.4. The van der Waals surface area contributed by atoms with Gasteiger partial charge in [0.1, 0.15) is 0 Å². The van der Waals surface area contributed by atoms with Crippen LogP contribution in [0.4, 0.5) is 0 Å². The van der Waals surface area contributed by atoms with Crippen molar-refractivity contribution in [1.82, 2.24) is 4.31 Å². The lowest BCUT2D eigenvalue weighted by atomic mass is 10.1. The Labute approximate surface area is 120 Å². The number of terminal acetylenes is 1. The summed E-state index contributed by atoms with van der Waals surface area (Å²) >= 11 is 0. The lowest BCUT2D eigenvalue weighted by Gasteiger charge is -2.25. The molecule has 0 radical (unpaired) electrons. The molecule has 0 fully saturated rings. The summed E-state index contributed by atoms with van der Waals surface area (Å²) in [6.45, 7) is 1.97. The fraction of sp³-hybridized carbons (Fsp3) is 0.250. The fourth-order valence-corrected chi connectivity index (χ4v) is 3.49. The summed E-state index contributed by atoms with van der Waals surface area (Å²) in [4.78, 5) is 0.272. The number of allylic oxidation sites excluding steroid dienone is 3. The van der Waals surface area contributed by atoms with Crippen LogP contribution in [0.2, 0.25) is 0 Å². The first-order valence-corrected chi connectivity index (χ1v) is 7.86. The summed E-state index contributed by atoms with van der Waals surface area (Å²) in [5.41, 5.74) is 1.76. The van der Waals surface area contributed by atoms with Crippen LogP contribution in [0.1, 0.15) is 18.4 Å². The molecule has 0 saturated carbocycles. The molecule has 1 aliphatic rings. The molecule has 0 heterocycles. The average Bonchev–Trinajstić information content (AvgIpc) is 2.46. The van der Waals surface area contributed by atoms with Gasteiger partial charge in [0, 0.05) is 12.1 Å². The molecular formula is C16H17NO2S. The van der Waals surface area contributed by atoms with Gasteiger partial charge in [0.05, 0.1) is 11.4 Å². The number of aryl methyl sites for hydroxylation is 1. The molecule has 1 aromatic rings. The molecule has 0 bridgehead atoms. The number of hydrogen-bond acceptors (Lipinski definition) is 2. The smallest absolute Gasteiger partial charge is 0.258 e. The highest BCUT2D eigenvalue weighted by molar-refractivity contribution is 7.89. The first-order valence-electron chi connectivity index (χ1n) is 6.42. The summed E-state index contributed by atoms with van der Waals surface area (Å²) in [7, 11) is -3.59. The average molecular weight is 287 g/mol. The van der Waals surface area contributed by atoms with Crippen LogP contribution in [-0.2, 0) is 10.0 Å². The number of hydrogen-bond donors (Lipinski definition) is 0. The Balaban J connectivity index is 2.40. The van der Waals surface area contributed by atoms with Crippen molar-refractivity contribution in [3.63, 3.8) is 0 Å². The van der Waals surface area contributed by atoms with Gasteiger partial charge in [0.15, 0.2) is 0 Å². The molecule has 4 heteroatoms. The lowest BCUT2D eigenvalue weighted by molar-refractivity contribution is 0.499. The second-order valence-corrected chi connectivity index (χ2v) is 6.50. The molecule has 0 N–H and O–H groups in total. The van der Waals surface area contributed by atoms with Crippen molar-refractivity contribution in [2.45, 2.75) is 24.7 Å². The Kier molecular flexibility index (Phi) is 4.31. The maximum Gasteiger partial charge on any atom is 0.264 e. The zero-order chi connectivity index (χ0) is 14.6. The largest absolute Gasteiger partial charge is 0.264 e. The van der Waals surface area contributed by atoms with E-state index < -0.39 is 10.0 Å². The van der Waals surface area contributed by atoms with Crippen LogP contribution >= 0.6 is 0 Å². The normalized spacial score (nSPS) is 14.5. The van der Waals surface area contributed by atoms with Crippen LogP contribution in [0.15, 0.2) is 53.1 Å². The lowest BCUT2D eigenvalue weighted by Crippen LogP contribution is -2.31. The standard InChI is InChI=1S/C16H17NO2S/c1-3-13-17(15-7-5-4-6-8-15)20(18,19)16-11-9-14(2)10-12-16/h1,4-5,8-12H,6-7,13H2,2H3. The van der Waals surface area contributed by atoms with Crippen molar-refractivity contribution in [3.05, 3.63) is 53.8 Å². The first kappa shape index (κ1) is 14.4. The van der Waals surface area contributed by atoms with Crippen LogP contribution in [0, 0.1) is 19.3 Å². The van der Waals surface area contributed by atoms with Crippen LogP contribution in [0.5, 0.6) is 0 Å². The maximum absolute atomic E-state index is 12.7. The summed E-state index contributed by atoms with van der Waals surface area (Å²) in [6.07, 6.45) is 12.5. The Morgan fingerprint density at radius 3 is 2.50 bits per heavy atom. The second-order valence-electron chi connectivity index (χ2n) is 4.64. The third kappa shape index (κ3) is 2.94. The van der Waals surface area contributed by atoms with Crippen LogP contribution in [-0.4, -0.2) is 19.3 Å². The van der Waals surface area contributed by atoms with Crippen molar-refractivity contribution in [2.24, 2.45) is 0 Å². The monoisotopic (exact) mass is 287 g/mol. The van der Waals surface area contributed by atoms with E-state index in [0.717, 1.165) is 17.7 Å². The minimum Gasteiger partial charge on any atom is -0.258 e. The van der Waals surface area contributed by atoms with Crippen LogP contribution < -0.4 is 0 Å². The van der Waals surface area contributed by atoms with Gasteiger partial charge in [-0.1, -0.05) is 41.8 Å². The van der Waals surface area contributed by atoms with Crippen molar-refractivity contribution in [1.29, 1.82) is 0 Å². The summed E-state index contributed by atoms with van der Waals surface area (Å²) in [5.74, 6) is 2.43. The highest BCUT2D eigenvalue weighted by Crippen LogP contribution is 2.24. The molecule has 104 valence electrons. The summed E-state index contributed by atoms with van der Waals surface area (Å²) < 4.78 is 26.7. The van der Waals surface area contributed by atoms with E-state index in [2.05, 4.69) is 5.92 Å². The molecule has 0 atom stereocenters. The Bertz CT molecular complexity index is 676. The van der Waals surface area contributed by atoms with E-state index in [0.29, 0.717) is 6.42 Å². The predicted octanol–water partition coefficient (Wildman–Crippen LogP) is 2.85. The summed E-state index contributed by atoms with van der Waals surface area (Å²) in [6, 6.07) is 6.81. The van der Waals surface area contributed by atoms with E-state index in [1.165, 1.54) is 4.31 Å². The highest BCUT2D eigenvalue weighted by Gasteiger charge is 2.25. The first-order chi connectivity index (χ1) is 9.55. The molecule has 0 unspecified atom stereocenters. The quantitative estimate of drug-likeness (QED) is 0.631. The van der Waals surface area contributed by atoms with Gasteiger partial charge in [-0.25, -0.2) is 8.42 Å². The van der Waals surface area contributed by atoms with Gasteiger partial charge in [-0.05, 0) is 25.5 Å². The van der Waals surface area contributed by atoms with E-state index in [1.807, 2.05) is 25.2 Å². The third-order valence-corrected chi connectivity index (χ3v) is 4.96. The van der Waals surface area contributed by atoms with E-state index in [4.69, 9.17) is 6.42 Å². The van der Waals surface area contributed by atoms with Crippen molar-refractivity contribution >= 4 is 10.0 Å². The van der Waals surface area contributed by atoms with Crippen molar-refractivity contribution < 1.29 is 8.42 Å². The molecule has 0 aliphatic heterocycles. The van der Waals surface area contributed by atoms with E-state index >= 15 is 0 Å². The Morgan fingerprint density at radius 2 is 1.95 bits per heavy atom. The molecule has 0 saturated heterocycles. The minimum absolute atomic E-state index is 0.0515. The molecular weight excluding hydrogens is 270 g/mol. The summed E-state index contributed by atoms with van der Waals surface area (Å²) in [5, 5.41) is 0. The Hall–Kier alpha value is -1.99. The van der Waals surface area contributed by atoms with E-state index in [-0.39, 0.29) is 11.4 Å². The molecule has 3 nitrogen and oxygen atoms in total. The SMILES string of the molecule is C#CCN(C1=CCC=CC1)S(=O)(=O)c1ccc(C)cc1. The van der Waals surface area contributed by atoms with Crippen molar-refractivity contribution in [3.8, 4) is 12.3 Å². The third-order valence-electron chi connectivity index (χ3n) is 3.15. The highest BCUT2D eigenvalue weighted by atomic mass is 32.2. The number of rotatable bonds is 4. The number of benzene rings is 1. The second kappa shape index (κ2) is 5.98. The van der Waals surface area contributed by atoms with E-state index in [1.54, 1.807) is 24.3 Å². The van der Waals surface area contributed by atoms with Crippen LogP contribution in [0.25, 0.3) is 0 Å². The van der Waals surface area contributed by atoms with E-state index in [9.17, 15) is 8.42 Å². The number of sulfonamides is 1. The molecule has 0 amide bonds. The molecule has 20 heavy (non-hydrogen) atoms. The fourth-order valence-electron chi connectivity index (χ4n) is 2.05. The van der Waals surface area contributed by atoms with Gasteiger partial charge < -0.3 is 0 Å². The molecule has 1 aliphatic carbocycles.